The molecule has 4 rings (SSSR count). The predicted molar refractivity (Wildman–Crippen MR) is 143 cm³/mol. The Morgan fingerprint density at radius 1 is 1.18 bits per heavy atom. The molecule has 3 heterocycles. The Kier molecular flexibility index (Phi) is 9.08. The number of ether oxygens (including phenoxy) is 3. The maximum atomic E-state index is 12.6. The molecule has 2 aromatic rings. The maximum Gasteiger partial charge on any atom is 0.338 e. The molecule has 1 aromatic heterocycles. The fourth-order valence-corrected chi connectivity index (χ4v) is 4.45. The van der Waals surface area contributed by atoms with E-state index in [-0.39, 0.29) is 18.8 Å². The van der Waals surface area contributed by atoms with Gasteiger partial charge in [-0.3, -0.25) is 4.79 Å². The molecule has 3 N–H and O–H groups in total. The molecule has 1 fully saturated rings. The van der Waals surface area contributed by atoms with E-state index in [1.807, 2.05) is 6.07 Å². The average molecular weight is 540 g/mol. The van der Waals surface area contributed by atoms with Gasteiger partial charge in [0.1, 0.15) is 5.76 Å². The summed E-state index contributed by atoms with van der Waals surface area (Å²) in [4.78, 5) is 39.1. The Morgan fingerprint density at radius 2 is 1.97 bits per heavy atom. The molecule has 0 spiro atoms. The third kappa shape index (κ3) is 6.89. The molecule has 1 saturated heterocycles. The maximum absolute atomic E-state index is 12.6. The van der Waals surface area contributed by atoms with Crippen LogP contribution in [0.4, 0.5) is 10.7 Å². The van der Waals surface area contributed by atoms with E-state index >= 15 is 0 Å². The van der Waals surface area contributed by atoms with Gasteiger partial charge in [-0.1, -0.05) is 6.07 Å². The fourth-order valence-electron chi connectivity index (χ4n) is 4.45. The Morgan fingerprint density at radius 3 is 2.72 bits per heavy atom. The van der Waals surface area contributed by atoms with Crippen LogP contribution in [-0.2, 0) is 14.3 Å². The number of piperidine rings is 1. The van der Waals surface area contributed by atoms with Gasteiger partial charge in [0.05, 0.1) is 31.5 Å². The average Bonchev–Trinajstić information content (AvgIpc) is 3.41. The van der Waals surface area contributed by atoms with Crippen LogP contribution in [0.5, 0.6) is 11.5 Å². The summed E-state index contributed by atoms with van der Waals surface area (Å²) in [6.45, 7) is 5.15. The number of esters is 1. The minimum absolute atomic E-state index is 0.194. The van der Waals surface area contributed by atoms with Gasteiger partial charge in [-0.2, -0.15) is 5.10 Å². The van der Waals surface area contributed by atoms with E-state index in [1.54, 1.807) is 38.1 Å². The Bertz CT molecular complexity index is 1260. The molecule has 12 heteroatoms. The third-order valence-electron chi connectivity index (χ3n) is 6.31. The van der Waals surface area contributed by atoms with Crippen LogP contribution in [0.3, 0.4) is 0 Å². The first-order chi connectivity index (χ1) is 18.9. The molecule has 12 nitrogen and oxygen atoms in total. The molecule has 3 amide bonds. The molecule has 0 radical (unpaired) electrons. The highest BCUT2D eigenvalue weighted by Gasteiger charge is 2.32. The van der Waals surface area contributed by atoms with Gasteiger partial charge < -0.3 is 34.2 Å². The van der Waals surface area contributed by atoms with Crippen molar-refractivity contribution < 1.29 is 33.0 Å². The summed E-state index contributed by atoms with van der Waals surface area (Å²) in [5, 5.41) is 9.27. The number of rotatable bonds is 10. The number of methoxy groups -OCH3 is 1. The summed E-state index contributed by atoms with van der Waals surface area (Å²) >= 11 is 0. The van der Waals surface area contributed by atoms with E-state index in [0.717, 1.165) is 31.8 Å². The third-order valence-corrected chi connectivity index (χ3v) is 6.31. The number of hydrogen-bond acceptors (Lipinski definition) is 9. The lowest BCUT2D eigenvalue weighted by Crippen LogP contribution is -2.45. The van der Waals surface area contributed by atoms with Crippen molar-refractivity contribution in [3.05, 3.63) is 52.9 Å². The lowest BCUT2D eigenvalue weighted by Gasteiger charge is -2.28. The van der Waals surface area contributed by atoms with Crippen molar-refractivity contribution in [2.45, 2.75) is 39.2 Å². The van der Waals surface area contributed by atoms with E-state index in [1.165, 1.54) is 19.7 Å². The number of hydrogen-bond donors (Lipinski definition) is 3. The number of carbonyl (C=O) groups is 3. The summed E-state index contributed by atoms with van der Waals surface area (Å²) in [7, 11) is 1.45. The lowest BCUT2D eigenvalue weighted by atomic mass is 9.95. The highest BCUT2D eigenvalue weighted by atomic mass is 16.5. The molecule has 2 aliphatic rings. The van der Waals surface area contributed by atoms with Crippen LogP contribution >= 0.6 is 0 Å². The Balaban J connectivity index is 1.36. The second-order valence-corrected chi connectivity index (χ2v) is 9.01. The monoisotopic (exact) mass is 539 g/mol. The van der Waals surface area contributed by atoms with Crippen molar-refractivity contribution in [2.24, 2.45) is 5.10 Å². The van der Waals surface area contributed by atoms with Crippen molar-refractivity contribution in [3.8, 4) is 11.5 Å². The molecule has 2 aliphatic heterocycles. The topological polar surface area (TPSA) is 144 Å². The first kappa shape index (κ1) is 27.6. The van der Waals surface area contributed by atoms with E-state index in [9.17, 15) is 14.4 Å². The number of amides is 3. The summed E-state index contributed by atoms with van der Waals surface area (Å²) in [5.74, 6) is 0.931. The van der Waals surface area contributed by atoms with Crippen LogP contribution in [0.2, 0.25) is 0 Å². The summed E-state index contributed by atoms with van der Waals surface area (Å²) in [5.41, 5.74) is 3.67. The van der Waals surface area contributed by atoms with E-state index in [4.69, 9.17) is 18.6 Å². The first-order valence-corrected chi connectivity index (χ1v) is 12.8. The minimum atomic E-state index is -0.754. The van der Waals surface area contributed by atoms with Crippen LogP contribution in [-0.4, -0.2) is 57.5 Å². The number of hydrazone groups is 1. The summed E-state index contributed by atoms with van der Waals surface area (Å²) in [6.07, 6.45) is 4.96. The number of nitrogens with one attached hydrogen (secondary N) is 3. The predicted octanol–water partition coefficient (Wildman–Crippen LogP) is 3.00. The Hall–Kier alpha value is -4.48. The molecular weight excluding hydrogens is 506 g/mol. The zero-order valence-corrected chi connectivity index (χ0v) is 22.2. The van der Waals surface area contributed by atoms with Crippen LogP contribution < -0.4 is 30.4 Å². The van der Waals surface area contributed by atoms with Crippen molar-refractivity contribution in [3.63, 3.8) is 0 Å². The largest absolute Gasteiger partial charge is 0.493 e. The quantitative estimate of drug-likeness (QED) is 0.238. The summed E-state index contributed by atoms with van der Waals surface area (Å²) < 4.78 is 22.0. The second-order valence-electron chi connectivity index (χ2n) is 9.01. The number of carbonyl (C=O) groups excluding carboxylic acids is 3. The molecule has 0 saturated carbocycles. The number of benzene rings is 1. The SMILES string of the molecule is CCOC(=O)C1=C(C)NC(=O)N[C@@H]1c1ccc(OCC(=O)N/N=C\c2ccc(N3CCCCC3)o2)c(OC)c1. The first-order valence-electron chi connectivity index (χ1n) is 12.8. The van der Waals surface area contributed by atoms with E-state index < -0.39 is 23.9 Å². The van der Waals surface area contributed by atoms with Gasteiger partial charge >= 0.3 is 12.0 Å². The molecule has 208 valence electrons. The van der Waals surface area contributed by atoms with Crippen LogP contribution in [0.15, 0.2) is 51.1 Å². The smallest absolute Gasteiger partial charge is 0.338 e. The van der Waals surface area contributed by atoms with E-state index in [2.05, 4.69) is 26.1 Å². The lowest BCUT2D eigenvalue weighted by molar-refractivity contribution is -0.139. The van der Waals surface area contributed by atoms with Crippen molar-refractivity contribution in [1.82, 2.24) is 16.1 Å². The number of allylic oxidation sites excluding steroid dienone is 1. The number of anilines is 1. The molecular formula is C27H33N5O7. The normalized spacial score (nSPS) is 17.5. The molecule has 0 bridgehead atoms. The second kappa shape index (κ2) is 12.9. The molecule has 1 atom stereocenters. The van der Waals surface area contributed by atoms with Gasteiger partial charge in [-0.05, 0) is 56.9 Å². The van der Waals surface area contributed by atoms with Crippen molar-refractivity contribution in [1.29, 1.82) is 0 Å². The van der Waals surface area contributed by atoms with Crippen LogP contribution in [0.25, 0.3) is 0 Å². The molecule has 0 aliphatic carbocycles. The van der Waals surface area contributed by atoms with Gasteiger partial charge in [-0.25, -0.2) is 15.0 Å². The summed E-state index contributed by atoms with van der Waals surface area (Å²) in [6, 6.07) is 7.41. The zero-order valence-electron chi connectivity index (χ0n) is 22.2. The fraction of sp³-hybridized carbons (Fsp3) is 0.407. The van der Waals surface area contributed by atoms with Crippen molar-refractivity contribution >= 4 is 30.0 Å². The van der Waals surface area contributed by atoms with Crippen molar-refractivity contribution in [2.75, 3.05) is 38.3 Å². The van der Waals surface area contributed by atoms with Gasteiger partial charge in [0.25, 0.3) is 5.91 Å². The Labute approximate surface area is 226 Å². The number of nitrogens with zero attached hydrogens (tertiary/aromatic N) is 2. The highest BCUT2D eigenvalue weighted by Crippen LogP contribution is 2.34. The van der Waals surface area contributed by atoms with Gasteiger partial charge in [0.2, 0.25) is 0 Å². The standard InChI is InChI=1S/C27H33N5O7/c1-4-37-26(34)24-17(2)29-27(35)30-25(24)18-8-10-20(21(14-18)36-3)38-16-22(33)31-28-15-19-9-11-23(39-19)32-12-6-5-7-13-32/h8-11,14-15,25H,4-7,12-13,16H2,1-3H3,(H,31,33)(H2,29,30,35)/b28-15-/t25-/m1/s1. The zero-order chi connectivity index (χ0) is 27.8. The molecule has 0 unspecified atom stereocenters. The van der Waals surface area contributed by atoms with Gasteiger partial charge in [-0.15, -0.1) is 0 Å². The van der Waals surface area contributed by atoms with Crippen LogP contribution in [0.1, 0.15) is 50.5 Å². The van der Waals surface area contributed by atoms with Gasteiger partial charge in [0, 0.05) is 24.9 Å². The number of furan rings is 1. The van der Waals surface area contributed by atoms with Gasteiger partial charge in [0.15, 0.2) is 24.0 Å². The van der Waals surface area contributed by atoms with Crippen LogP contribution in [0, 0.1) is 0 Å². The van der Waals surface area contributed by atoms with E-state index in [0.29, 0.717) is 28.5 Å². The highest BCUT2D eigenvalue weighted by molar-refractivity contribution is 5.95. The molecule has 1 aromatic carbocycles. The minimum Gasteiger partial charge on any atom is -0.493 e. The number of urea groups is 1. The molecule has 39 heavy (non-hydrogen) atoms.